The first-order valence-electron chi connectivity index (χ1n) is 21.7. The van der Waals surface area contributed by atoms with E-state index in [0.717, 1.165) is 66.5 Å². The molecular weight excluding hydrogens is 779 g/mol. The molecule has 0 aliphatic carbocycles. The summed E-state index contributed by atoms with van der Waals surface area (Å²) in [5, 5.41) is 9.54. The normalized spacial score (nSPS) is 11.8. The van der Waals surface area contributed by atoms with Gasteiger partial charge < -0.3 is 9.13 Å². The van der Waals surface area contributed by atoms with Crippen LogP contribution in [0.3, 0.4) is 0 Å². The quantitative estimate of drug-likeness (QED) is 0.168. The van der Waals surface area contributed by atoms with Crippen LogP contribution in [0.15, 0.2) is 224 Å². The first-order chi connectivity index (χ1) is 31.7. The topological polar surface area (TPSA) is 48.5 Å². The van der Waals surface area contributed by atoms with Crippen molar-refractivity contribution in [3.63, 3.8) is 0 Å². The summed E-state index contributed by atoms with van der Waals surface area (Å²) in [6, 6.07) is 79.9. The summed E-state index contributed by atoms with van der Waals surface area (Å²) in [6.45, 7) is 0. The molecule has 10 aromatic carbocycles. The molecule has 0 unspecified atom stereocenters. The summed E-state index contributed by atoms with van der Waals surface area (Å²) in [4.78, 5) is 15.6. The number of benzene rings is 10. The molecule has 0 atom stereocenters. The smallest absolute Gasteiger partial charge is 0.164 e. The van der Waals surface area contributed by atoms with Crippen LogP contribution in [0.2, 0.25) is 0 Å². The van der Waals surface area contributed by atoms with Gasteiger partial charge in [-0.05, 0) is 70.4 Å². The Balaban J connectivity index is 1.09. The standard InChI is InChI=1S/C59H37N5/c1-4-17-38(18-5-1)41-23-16-24-43(33-41)58-60-57(40-20-6-2-7-21-40)61-59(62-58)44-34-42-22-11-12-27-46(42)53(35-44)64-52-30-15-14-29-48(52)50-36-51-49-32-31-39-19-10-13-28-47(39)56(49)63(54(51)37-55(50)64)45-25-8-3-9-26-45/h1-37H. The Kier molecular flexibility index (Phi) is 8.15. The Hall–Kier alpha value is -8.67. The van der Waals surface area contributed by atoms with Gasteiger partial charge >= 0.3 is 0 Å². The molecule has 0 radical (unpaired) electrons. The van der Waals surface area contributed by atoms with Gasteiger partial charge in [-0.1, -0.05) is 176 Å². The van der Waals surface area contributed by atoms with Crippen LogP contribution in [-0.4, -0.2) is 24.1 Å². The fourth-order valence-corrected chi connectivity index (χ4v) is 9.77. The van der Waals surface area contributed by atoms with E-state index in [0.29, 0.717) is 17.5 Å². The zero-order chi connectivity index (χ0) is 42.1. The SMILES string of the molecule is c1ccc(-c2cccc(-c3nc(-c4ccccc4)nc(-c4cc(-n5c6ccccc6c6cc7c8ccc9ccccc9c8n(-c8ccccc8)c7cc65)c5ccccc5c4)n3)c2)cc1. The summed E-state index contributed by atoms with van der Waals surface area (Å²) in [6.07, 6.45) is 0. The lowest BCUT2D eigenvalue weighted by Crippen LogP contribution is -2.02. The maximum Gasteiger partial charge on any atom is 0.164 e. The summed E-state index contributed by atoms with van der Waals surface area (Å²) in [5.74, 6) is 1.86. The molecule has 0 bridgehead atoms. The number of nitrogens with zero attached hydrogens (tertiary/aromatic N) is 5. The fourth-order valence-electron chi connectivity index (χ4n) is 9.77. The van der Waals surface area contributed by atoms with Gasteiger partial charge in [-0.3, -0.25) is 0 Å². The lowest BCUT2D eigenvalue weighted by atomic mass is 10.0. The van der Waals surface area contributed by atoms with Crippen molar-refractivity contribution in [3.05, 3.63) is 224 Å². The van der Waals surface area contributed by atoms with Crippen molar-refractivity contribution < 1.29 is 0 Å². The molecule has 5 heteroatoms. The van der Waals surface area contributed by atoms with Crippen molar-refractivity contribution in [2.45, 2.75) is 0 Å². The molecule has 5 nitrogen and oxygen atoms in total. The highest BCUT2D eigenvalue weighted by molar-refractivity contribution is 6.23. The Bertz CT molecular complexity index is 3940. The maximum atomic E-state index is 5.29. The molecule has 0 saturated heterocycles. The molecule has 298 valence electrons. The number of fused-ring (bicyclic) bond motifs is 9. The second-order valence-corrected chi connectivity index (χ2v) is 16.4. The Morgan fingerprint density at radius 1 is 0.266 bits per heavy atom. The van der Waals surface area contributed by atoms with Crippen molar-refractivity contribution in [2.24, 2.45) is 0 Å². The maximum absolute atomic E-state index is 5.29. The summed E-state index contributed by atoms with van der Waals surface area (Å²) < 4.78 is 4.90. The van der Waals surface area contributed by atoms with Crippen LogP contribution >= 0.6 is 0 Å². The van der Waals surface area contributed by atoms with E-state index in [2.05, 4.69) is 209 Å². The van der Waals surface area contributed by atoms with Crippen LogP contribution in [0, 0.1) is 0 Å². The van der Waals surface area contributed by atoms with Gasteiger partial charge in [0.2, 0.25) is 0 Å². The number of hydrogen-bond donors (Lipinski definition) is 0. The lowest BCUT2D eigenvalue weighted by molar-refractivity contribution is 1.07. The van der Waals surface area contributed by atoms with E-state index in [-0.39, 0.29) is 0 Å². The molecule has 0 saturated carbocycles. The molecule has 64 heavy (non-hydrogen) atoms. The van der Waals surface area contributed by atoms with E-state index in [1.807, 2.05) is 24.3 Å². The average Bonchev–Trinajstić information content (AvgIpc) is 3.88. The van der Waals surface area contributed by atoms with E-state index in [9.17, 15) is 0 Å². The van der Waals surface area contributed by atoms with E-state index >= 15 is 0 Å². The predicted molar refractivity (Wildman–Crippen MR) is 265 cm³/mol. The Labute approximate surface area is 368 Å². The van der Waals surface area contributed by atoms with Gasteiger partial charge in [-0.25, -0.2) is 15.0 Å². The highest BCUT2D eigenvalue weighted by atomic mass is 15.0. The van der Waals surface area contributed by atoms with Gasteiger partial charge in [-0.2, -0.15) is 0 Å². The molecule has 0 aliphatic heterocycles. The van der Waals surface area contributed by atoms with Gasteiger partial charge in [0.1, 0.15) is 0 Å². The zero-order valence-corrected chi connectivity index (χ0v) is 34.6. The van der Waals surface area contributed by atoms with Gasteiger partial charge in [0.15, 0.2) is 17.5 Å². The number of rotatable bonds is 6. The Morgan fingerprint density at radius 3 is 1.61 bits per heavy atom. The number of aromatic nitrogens is 5. The number of hydrogen-bond acceptors (Lipinski definition) is 3. The minimum absolute atomic E-state index is 0.611. The molecule has 3 heterocycles. The monoisotopic (exact) mass is 815 g/mol. The van der Waals surface area contributed by atoms with Crippen molar-refractivity contribution in [3.8, 4) is 56.7 Å². The van der Waals surface area contributed by atoms with Crippen molar-refractivity contribution in [2.75, 3.05) is 0 Å². The minimum Gasteiger partial charge on any atom is -0.309 e. The minimum atomic E-state index is 0.611. The molecule has 0 N–H and O–H groups in total. The number of para-hydroxylation sites is 2. The third kappa shape index (κ3) is 5.75. The fraction of sp³-hybridized carbons (Fsp3) is 0. The van der Waals surface area contributed by atoms with Crippen LogP contribution in [0.1, 0.15) is 0 Å². The summed E-state index contributed by atoms with van der Waals surface area (Å²) >= 11 is 0. The van der Waals surface area contributed by atoms with Crippen LogP contribution < -0.4 is 0 Å². The molecule has 13 aromatic rings. The van der Waals surface area contributed by atoms with Gasteiger partial charge in [0.05, 0.1) is 27.8 Å². The molecule has 0 fully saturated rings. The Morgan fingerprint density at radius 2 is 0.828 bits per heavy atom. The molecule has 3 aromatic heterocycles. The molecule has 0 amide bonds. The third-order valence-corrected chi connectivity index (χ3v) is 12.7. The molecule has 0 spiro atoms. The van der Waals surface area contributed by atoms with Crippen LogP contribution in [0.4, 0.5) is 0 Å². The van der Waals surface area contributed by atoms with E-state index in [1.54, 1.807) is 0 Å². The summed E-state index contributed by atoms with van der Waals surface area (Å²) in [5.41, 5.74) is 11.8. The van der Waals surface area contributed by atoms with Gasteiger partial charge in [0.25, 0.3) is 0 Å². The van der Waals surface area contributed by atoms with Crippen LogP contribution in [0.5, 0.6) is 0 Å². The highest BCUT2D eigenvalue weighted by Gasteiger charge is 2.22. The largest absolute Gasteiger partial charge is 0.309 e. The van der Waals surface area contributed by atoms with Crippen molar-refractivity contribution in [1.82, 2.24) is 24.1 Å². The lowest BCUT2D eigenvalue weighted by Gasteiger charge is -2.15. The van der Waals surface area contributed by atoms with Crippen LogP contribution in [-0.2, 0) is 0 Å². The highest BCUT2D eigenvalue weighted by Crippen LogP contribution is 2.43. The third-order valence-electron chi connectivity index (χ3n) is 12.7. The first kappa shape index (κ1) is 36.0. The van der Waals surface area contributed by atoms with Crippen LogP contribution in [0.25, 0.3) is 122 Å². The predicted octanol–water partition coefficient (Wildman–Crippen LogP) is 15.0. The summed E-state index contributed by atoms with van der Waals surface area (Å²) in [7, 11) is 0. The second-order valence-electron chi connectivity index (χ2n) is 16.4. The second kappa shape index (κ2) is 14.5. The van der Waals surface area contributed by atoms with Gasteiger partial charge in [0, 0.05) is 54.7 Å². The molecule has 0 aliphatic rings. The molecule has 13 rings (SSSR count). The van der Waals surface area contributed by atoms with E-state index in [4.69, 9.17) is 15.0 Å². The zero-order valence-electron chi connectivity index (χ0n) is 34.6. The first-order valence-corrected chi connectivity index (χ1v) is 21.7. The van der Waals surface area contributed by atoms with Crippen molar-refractivity contribution in [1.29, 1.82) is 0 Å². The molecular formula is C59H37N5. The average molecular weight is 816 g/mol. The van der Waals surface area contributed by atoms with E-state index in [1.165, 1.54) is 37.8 Å². The van der Waals surface area contributed by atoms with Gasteiger partial charge in [-0.15, -0.1) is 0 Å². The van der Waals surface area contributed by atoms with E-state index < -0.39 is 0 Å². The van der Waals surface area contributed by atoms with Crippen molar-refractivity contribution >= 4 is 65.2 Å².